The van der Waals surface area contributed by atoms with Crippen LogP contribution < -0.4 is 0 Å². The van der Waals surface area contributed by atoms with Gasteiger partial charge < -0.3 is 0 Å². The molecule has 2 unspecified atom stereocenters. The van der Waals surface area contributed by atoms with E-state index in [-0.39, 0.29) is 0 Å². The van der Waals surface area contributed by atoms with E-state index in [1.165, 1.54) is 0 Å². The van der Waals surface area contributed by atoms with Gasteiger partial charge in [0, 0.05) is 0 Å². The van der Waals surface area contributed by atoms with Crippen molar-refractivity contribution in [2.45, 2.75) is 96.0 Å². The Kier molecular flexibility index (Phi) is 12.0. The van der Waals surface area contributed by atoms with Crippen LogP contribution in [0.2, 0.25) is 0 Å². The van der Waals surface area contributed by atoms with E-state index in [1.54, 1.807) is 0 Å². The summed E-state index contributed by atoms with van der Waals surface area (Å²) in [5.74, 6) is -63.7. The van der Waals surface area contributed by atoms with Gasteiger partial charge in [0.2, 0.25) is 0 Å². The summed E-state index contributed by atoms with van der Waals surface area (Å²) in [6.45, 7) is 0. The predicted molar refractivity (Wildman–Crippen MR) is 88.5 cm³/mol. The first-order valence-electron chi connectivity index (χ1n) is 10.9. The molecule has 54 heavy (non-hydrogen) atoms. The number of halogens is 34. The quantitative estimate of drug-likeness (QED) is 0.183. The van der Waals surface area contributed by atoms with Crippen molar-refractivity contribution >= 4 is 5.78 Å². The number of alkyl halides is 34. The van der Waals surface area contributed by atoms with E-state index in [0.717, 1.165) is 0 Å². The smallest absolute Gasteiger partial charge is 0.286 e. The van der Waals surface area contributed by atoms with Crippen LogP contribution in [0.4, 0.5) is 149 Å². The molecule has 0 aliphatic carbocycles. The van der Waals surface area contributed by atoms with Crippen molar-refractivity contribution in [1.29, 1.82) is 0 Å². The molecule has 0 aromatic rings. The summed E-state index contributed by atoms with van der Waals surface area (Å²) in [6, 6.07) is 0. The van der Waals surface area contributed by atoms with E-state index >= 15 is 0 Å². The van der Waals surface area contributed by atoms with Crippen LogP contribution in [0.15, 0.2) is 0 Å². The minimum Gasteiger partial charge on any atom is -0.286 e. The predicted octanol–water partition coefficient (Wildman–Crippen LogP) is 10.4. The van der Waals surface area contributed by atoms with E-state index in [4.69, 9.17) is 0 Å². The largest absolute Gasteiger partial charge is 0.456 e. The summed E-state index contributed by atoms with van der Waals surface area (Å²) >= 11 is 0. The molecule has 3 nitrogen and oxygen atoms in total. The van der Waals surface area contributed by atoms with Crippen molar-refractivity contribution in [2.24, 2.45) is 0 Å². The summed E-state index contributed by atoms with van der Waals surface area (Å²) < 4.78 is 450. The summed E-state index contributed by atoms with van der Waals surface area (Å²) in [5, 5.41) is 0. The SMILES string of the molecule is O=C(C(F)(OC(F)(F)C(F)(F)C(F)(F)C(F)(C(F)(F)F)C(F)(F)F)C(F)(F)F)C(F)(OC(F)(F)C(F)(F)C(F)(F)C(F)(C(F)(F)F)C(F)(F)F)C(F)(F)F. The Morgan fingerprint density at radius 3 is 0.556 bits per heavy atom. The summed E-state index contributed by atoms with van der Waals surface area (Å²) in [7, 11) is 0. The van der Waals surface area contributed by atoms with Crippen molar-refractivity contribution in [1.82, 2.24) is 0 Å². The molecule has 2 atom stereocenters. The summed E-state index contributed by atoms with van der Waals surface area (Å²) in [4.78, 5) is 11.5. The second kappa shape index (κ2) is 12.6. The second-order valence-electron chi connectivity index (χ2n) is 9.36. The highest BCUT2D eigenvalue weighted by Crippen LogP contribution is 2.65. The van der Waals surface area contributed by atoms with E-state index < -0.39 is 102 Å². The van der Waals surface area contributed by atoms with Gasteiger partial charge in [-0.1, -0.05) is 0 Å². The van der Waals surface area contributed by atoms with Gasteiger partial charge in [0.25, 0.3) is 5.78 Å². The highest BCUT2D eigenvalue weighted by atomic mass is 19.5. The van der Waals surface area contributed by atoms with Crippen LogP contribution in [0, 0.1) is 0 Å². The number of carbonyl (C=O) groups is 1. The molecule has 0 saturated carbocycles. The normalized spacial score (nSPS) is 18.7. The fourth-order valence-corrected chi connectivity index (χ4v) is 2.99. The molecule has 0 spiro atoms. The number of hydrogen-bond acceptors (Lipinski definition) is 3. The fourth-order valence-electron chi connectivity index (χ4n) is 2.99. The van der Waals surface area contributed by atoms with Crippen LogP contribution in [-0.4, -0.2) is 102 Å². The van der Waals surface area contributed by atoms with E-state index in [9.17, 15) is 154 Å². The van der Waals surface area contributed by atoms with Crippen molar-refractivity contribution in [3.63, 3.8) is 0 Å². The van der Waals surface area contributed by atoms with Crippen LogP contribution in [-0.2, 0) is 14.3 Å². The van der Waals surface area contributed by atoms with Gasteiger partial charge in [-0.05, 0) is 0 Å². The lowest BCUT2D eigenvalue weighted by atomic mass is 9.89. The Morgan fingerprint density at radius 2 is 0.426 bits per heavy atom. The van der Waals surface area contributed by atoms with Gasteiger partial charge in [0.1, 0.15) is 0 Å². The number of hydrogen-bond donors (Lipinski definition) is 0. The topological polar surface area (TPSA) is 35.5 Å². The van der Waals surface area contributed by atoms with Gasteiger partial charge in [-0.25, -0.2) is 8.78 Å². The average Bonchev–Trinajstić information content (AvgIpc) is 2.86. The van der Waals surface area contributed by atoms with E-state index in [0.29, 0.717) is 9.47 Å². The summed E-state index contributed by atoms with van der Waals surface area (Å²) in [6.07, 6.45) is -71.9. The lowest BCUT2D eigenvalue weighted by Crippen LogP contribution is -2.76. The first kappa shape index (κ1) is 51.2. The zero-order valence-electron chi connectivity index (χ0n) is 22.6. The lowest BCUT2D eigenvalue weighted by molar-refractivity contribution is -0.504. The molecule has 0 fully saturated rings. The molecule has 0 aliphatic heterocycles. The Hall–Kier alpha value is -2.79. The van der Waals surface area contributed by atoms with E-state index in [2.05, 4.69) is 0 Å². The number of rotatable bonds is 12. The highest BCUT2D eigenvalue weighted by Gasteiger charge is 2.97. The van der Waals surface area contributed by atoms with Gasteiger partial charge in [-0.15, -0.1) is 0 Å². The van der Waals surface area contributed by atoms with Crippen LogP contribution in [0.25, 0.3) is 0 Å². The van der Waals surface area contributed by atoms with Crippen LogP contribution in [0.3, 0.4) is 0 Å². The summed E-state index contributed by atoms with van der Waals surface area (Å²) in [5.41, 5.74) is -18.6. The molecule has 0 amide bonds. The second-order valence-corrected chi connectivity index (χ2v) is 9.36. The van der Waals surface area contributed by atoms with Crippen LogP contribution >= 0.6 is 0 Å². The molecular weight excluding hydrogens is 898 g/mol. The maximum Gasteiger partial charge on any atom is 0.456 e. The molecule has 0 rings (SSSR count). The third-order valence-corrected chi connectivity index (χ3v) is 5.80. The van der Waals surface area contributed by atoms with Crippen LogP contribution in [0.5, 0.6) is 0 Å². The van der Waals surface area contributed by atoms with Gasteiger partial charge in [-0.2, -0.15) is 140 Å². The molecule has 0 aromatic heterocycles. The molecule has 324 valence electrons. The van der Waals surface area contributed by atoms with Crippen molar-refractivity contribution in [3.8, 4) is 0 Å². The minimum atomic E-state index is -9.63. The highest BCUT2D eigenvalue weighted by molar-refractivity contribution is 5.94. The maximum atomic E-state index is 14.5. The maximum absolute atomic E-state index is 14.5. The molecule has 0 bridgehead atoms. The van der Waals surface area contributed by atoms with Gasteiger partial charge in [-0.3, -0.25) is 14.3 Å². The average molecular weight is 898 g/mol. The molecule has 0 saturated heterocycles. The number of ketones is 1. The van der Waals surface area contributed by atoms with Crippen molar-refractivity contribution in [2.75, 3.05) is 0 Å². The molecule has 0 heterocycles. The third kappa shape index (κ3) is 6.85. The zero-order valence-corrected chi connectivity index (χ0v) is 22.6. The molecular formula is C17F34O3. The van der Waals surface area contributed by atoms with Gasteiger partial charge >= 0.3 is 96.0 Å². The van der Waals surface area contributed by atoms with Crippen molar-refractivity contribution in [3.05, 3.63) is 0 Å². The van der Waals surface area contributed by atoms with Crippen LogP contribution in [0.1, 0.15) is 0 Å². The first-order valence-corrected chi connectivity index (χ1v) is 10.9. The first-order chi connectivity index (χ1) is 22.6. The number of carbonyl (C=O) groups excluding carboxylic acids is 1. The number of Topliss-reactive ketones (excluding diaryl/α,β-unsaturated/α-hetero) is 1. The zero-order chi connectivity index (χ0) is 45.0. The standard InChI is InChI=1S/C17F34O3/c18-2(10(30,31)32,53-16(48,49)8(26,27)6(22,23)4(20,12(36,37)38)13(39,40)41)1(52)3(19,11(33,34)35)54-17(50,51)9(28,29)7(24,25)5(21,14(42,43)44)15(45,46)47. The molecule has 0 radical (unpaired) electrons. The Balaban J connectivity index is 7.97. The molecule has 37 heteroatoms. The lowest BCUT2D eigenvalue weighted by Gasteiger charge is -2.44. The molecule has 0 aromatic carbocycles. The Bertz CT molecular complexity index is 1240. The third-order valence-electron chi connectivity index (χ3n) is 5.80. The van der Waals surface area contributed by atoms with E-state index in [1.807, 2.05) is 0 Å². The Labute approximate surface area is 267 Å². The minimum absolute atomic E-state index is 0.712. The number of ether oxygens (including phenoxy) is 2. The van der Waals surface area contributed by atoms with Crippen molar-refractivity contribution < 1.29 is 164 Å². The Morgan fingerprint density at radius 1 is 0.259 bits per heavy atom. The molecule has 0 N–H and O–H groups in total. The van der Waals surface area contributed by atoms with Gasteiger partial charge in [0.05, 0.1) is 0 Å². The van der Waals surface area contributed by atoms with Gasteiger partial charge in [0.15, 0.2) is 0 Å². The monoisotopic (exact) mass is 898 g/mol. The fraction of sp³-hybridized carbons (Fsp3) is 0.941. The molecule has 0 aliphatic rings.